The molecule has 1 unspecified atom stereocenters. The van der Waals surface area contributed by atoms with Gasteiger partial charge in [0, 0.05) is 35.9 Å². The van der Waals surface area contributed by atoms with Crippen LogP contribution in [0, 0.1) is 5.41 Å². The lowest BCUT2D eigenvalue weighted by Crippen LogP contribution is -2.59. The van der Waals surface area contributed by atoms with E-state index in [-0.39, 0.29) is 50.7 Å². The van der Waals surface area contributed by atoms with Crippen molar-refractivity contribution in [3.05, 3.63) is 34.9 Å². The Labute approximate surface area is 285 Å². The molecular weight excluding hydrogens is 642 g/mol. The van der Waals surface area contributed by atoms with Gasteiger partial charge in [-0.25, -0.2) is 4.79 Å². The number of alkyl carbamates (subject to hydrolysis) is 1. The summed E-state index contributed by atoms with van der Waals surface area (Å²) < 4.78 is 5.25. The molecule has 0 bridgehead atoms. The summed E-state index contributed by atoms with van der Waals surface area (Å²) >= 11 is 6.21. The van der Waals surface area contributed by atoms with Gasteiger partial charge in [0.25, 0.3) is 5.91 Å². The number of Topliss-reactive ketones (excluding diaryl/α,β-unsaturated/α-hetero) is 2. The van der Waals surface area contributed by atoms with Crippen LogP contribution in [-0.2, 0) is 33.5 Å². The van der Waals surface area contributed by atoms with Gasteiger partial charge in [-0.2, -0.15) is 0 Å². The van der Waals surface area contributed by atoms with Crippen molar-refractivity contribution >= 4 is 52.7 Å². The number of amides is 4. The molecule has 48 heavy (non-hydrogen) atoms. The number of ether oxygens (including phenoxy) is 1. The maximum Gasteiger partial charge on any atom is 0.407 e. The number of ketones is 2. The lowest BCUT2D eigenvalue weighted by Gasteiger charge is -2.35. The molecule has 4 rings (SSSR count). The van der Waals surface area contributed by atoms with Crippen LogP contribution in [0.2, 0.25) is 5.02 Å². The van der Waals surface area contributed by atoms with Gasteiger partial charge in [0.2, 0.25) is 17.6 Å². The van der Waals surface area contributed by atoms with Crippen molar-refractivity contribution in [1.82, 2.24) is 20.9 Å². The summed E-state index contributed by atoms with van der Waals surface area (Å²) in [5.41, 5.74) is -0.547. The van der Waals surface area contributed by atoms with Gasteiger partial charge in [0.15, 0.2) is 5.60 Å². The molecule has 0 aromatic heterocycles. The van der Waals surface area contributed by atoms with Crippen molar-refractivity contribution in [3.8, 4) is 0 Å². The zero-order valence-electron chi connectivity index (χ0n) is 28.2. The first-order valence-corrected chi connectivity index (χ1v) is 16.9. The van der Waals surface area contributed by atoms with E-state index in [1.165, 1.54) is 11.8 Å². The normalized spacial score (nSPS) is 21.5. The third kappa shape index (κ3) is 9.55. The lowest BCUT2D eigenvalue weighted by molar-refractivity contribution is -0.144. The zero-order valence-corrected chi connectivity index (χ0v) is 29.0. The monoisotopic (exact) mass is 687 g/mol. The minimum Gasteiger partial charge on any atom is -0.450 e. The summed E-state index contributed by atoms with van der Waals surface area (Å²) in [6, 6.07) is 3.77. The van der Waals surface area contributed by atoms with E-state index in [2.05, 4.69) is 21.1 Å². The first-order valence-electron chi connectivity index (χ1n) is 16.5. The second-order valence-corrected chi connectivity index (χ2v) is 14.5. The van der Waals surface area contributed by atoms with Gasteiger partial charge in [0.1, 0.15) is 17.9 Å². The van der Waals surface area contributed by atoms with Crippen LogP contribution in [0.5, 0.6) is 0 Å². The topological polar surface area (TPSA) is 173 Å². The molecule has 2 fully saturated rings. The minimum atomic E-state index is -1.12. The molecule has 1 saturated carbocycles. The van der Waals surface area contributed by atoms with Crippen LogP contribution < -0.4 is 16.0 Å². The van der Waals surface area contributed by atoms with Crippen molar-refractivity contribution in [2.24, 2.45) is 10.6 Å². The molecule has 1 saturated heterocycles. The summed E-state index contributed by atoms with van der Waals surface area (Å²) in [6.07, 6.45) is 2.45. The Morgan fingerprint density at radius 2 is 1.88 bits per heavy atom. The fourth-order valence-corrected chi connectivity index (χ4v) is 6.07. The molecule has 14 heteroatoms. The van der Waals surface area contributed by atoms with E-state index in [0.29, 0.717) is 23.6 Å². The fraction of sp³-hybridized carbons (Fsp3) is 0.618. The van der Waals surface area contributed by atoms with Crippen molar-refractivity contribution in [2.75, 3.05) is 13.2 Å². The number of halogens is 1. The van der Waals surface area contributed by atoms with Crippen LogP contribution >= 0.6 is 11.6 Å². The number of benzene rings is 1. The number of rotatable bonds is 14. The molecule has 3 N–H and O–H groups in total. The largest absolute Gasteiger partial charge is 0.450 e. The number of hydrogen-bond acceptors (Lipinski definition) is 9. The van der Waals surface area contributed by atoms with E-state index in [0.717, 1.165) is 18.4 Å². The van der Waals surface area contributed by atoms with E-state index < -0.39 is 58.7 Å². The molecule has 1 spiro atoms. The molecule has 0 radical (unpaired) electrons. The lowest BCUT2D eigenvalue weighted by atomic mass is 9.85. The molecule has 3 aliphatic rings. The van der Waals surface area contributed by atoms with Gasteiger partial charge in [-0.05, 0) is 50.2 Å². The van der Waals surface area contributed by atoms with Crippen LogP contribution in [0.15, 0.2) is 29.4 Å². The van der Waals surface area contributed by atoms with Gasteiger partial charge in [-0.15, -0.1) is 0 Å². The van der Waals surface area contributed by atoms with Crippen LogP contribution in [0.4, 0.5) is 4.79 Å². The average Bonchev–Trinajstić information content (AvgIpc) is 3.61. The summed E-state index contributed by atoms with van der Waals surface area (Å²) in [6.45, 7) is 8.56. The van der Waals surface area contributed by atoms with Crippen molar-refractivity contribution in [1.29, 1.82) is 0 Å². The molecule has 2 heterocycles. The second kappa shape index (κ2) is 15.5. The molecule has 4 amide bonds. The highest BCUT2D eigenvalue weighted by Gasteiger charge is 2.55. The van der Waals surface area contributed by atoms with Crippen LogP contribution in [0.3, 0.4) is 0 Å². The van der Waals surface area contributed by atoms with E-state index in [4.69, 9.17) is 21.2 Å². The van der Waals surface area contributed by atoms with Crippen molar-refractivity contribution in [3.63, 3.8) is 0 Å². The molecule has 13 nitrogen and oxygen atoms in total. The second-order valence-electron chi connectivity index (χ2n) is 14.0. The molecule has 4 atom stereocenters. The summed E-state index contributed by atoms with van der Waals surface area (Å²) in [5.74, 6) is -2.69. The van der Waals surface area contributed by atoms with E-state index in [1.807, 2.05) is 13.0 Å². The van der Waals surface area contributed by atoms with E-state index in [1.54, 1.807) is 39.0 Å². The number of likely N-dealkylation sites (tertiary alicyclic amines) is 1. The molecule has 1 aromatic carbocycles. The third-order valence-electron chi connectivity index (χ3n) is 8.61. The highest BCUT2D eigenvalue weighted by molar-refractivity contribution is 6.38. The maximum absolute atomic E-state index is 14.4. The predicted octanol–water partition coefficient (Wildman–Crippen LogP) is 3.45. The first-order chi connectivity index (χ1) is 22.6. The predicted molar refractivity (Wildman–Crippen MR) is 177 cm³/mol. The summed E-state index contributed by atoms with van der Waals surface area (Å²) in [5, 5.41) is 12.9. The Kier molecular flexibility index (Phi) is 11.9. The maximum atomic E-state index is 14.4. The van der Waals surface area contributed by atoms with Crippen molar-refractivity contribution in [2.45, 2.75) is 116 Å². The van der Waals surface area contributed by atoms with Gasteiger partial charge in [-0.1, -0.05) is 63.0 Å². The summed E-state index contributed by atoms with van der Waals surface area (Å²) in [4.78, 5) is 85.5. The SMILES string of the molecule is CCC[C@H](NC(=O)[C@@H]1CC2(CC(c3cccc(Cl)c3)=NO2)CN1C(=O)[C@@H](NC(=O)OCCCC(C)=O)C(C)(C)C)C(=O)C(=O)NC1CC1. The van der Waals surface area contributed by atoms with Gasteiger partial charge in [0.05, 0.1) is 24.9 Å². The van der Waals surface area contributed by atoms with Crippen LogP contribution in [0.25, 0.3) is 0 Å². The first kappa shape index (κ1) is 36.8. The van der Waals surface area contributed by atoms with Gasteiger partial charge >= 0.3 is 6.09 Å². The highest BCUT2D eigenvalue weighted by Crippen LogP contribution is 2.40. The Hall–Kier alpha value is -4.00. The van der Waals surface area contributed by atoms with Crippen LogP contribution in [-0.4, -0.2) is 88.9 Å². The number of hydrogen-bond donors (Lipinski definition) is 3. The third-order valence-corrected chi connectivity index (χ3v) is 8.85. The number of carbonyl (C=O) groups is 6. The average molecular weight is 688 g/mol. The minimum absolute atomic E-state index is 0.00699. The molecule has 1 aliphatic carbocycles. The number of nitrogens with one attached hydrogen (secondary N) is 3. The Balaban J connectivity index is 1.57. The smallest absolute Gasteiger partial charge is 0.407 e. The standard InChI is InChI=1S/C34H46ClN5O8/c1-6-9-24(27(42)30(44)36-23-13-14-23)37-29(43)26-18-34(17-25(39-48-34)21-11-7-12-22(35)16-21)19-40(26)31(45)28(33(3,4)5)38-32(46)47-15-8-10-20(2)41/h7,11-12,16,23-24,26,28H,6,8-10,13-15,17-19H2,1-5H3,(H,36,44)(H,37,43)(H,38,46)/t24-,26-,28+,34?/m0/s1. The van der Waals surface area contributed by atoms with E-state index in [9.17, 15) is 28.8 Å². The van der Waals surface area contributed by atoms with Gasteiger partial charge < -0.3 is 35.2 Å². The quantitative estimate of drug-likeness (QED) is 0.197. The van der Waals surface area contributed by atoms with Crippen molar-refractivity contribution < 1.29 is 38.3 Å². The number of nitrogens with zero attached hydrogens (tertiary/aromatic N) is 2. The molecule has 1 aromatic rings. The highest BCUT2D eigenvalue weighted by atomic mass is 35.5. The molecule has 2 aliphatic heterocycles. The van der Waals surface area contributed by atoms with Gasteiger partial charge in [-0.3, -0.25) is 19.2 Å². The Bertz CT molecular complexity index is 1450. The fourth-order valence-electron chi connectivity index (χ4n) is 5.88. The summed E-state index contributed by atoms with van der Waals surface area (Å²) in [7, 11) is 0. The Morgan fingerprint density at radius 3 is 2.50 bits per heavy atom. The number of carbonyl (C=O) groups excluding carboxylic acids is 6. The van der Waals surface area contributed by atoms with Crippen LogP contribution in [0.1, 0.15) is 91.5 Å². The zero-order chi connectivity index (χ0) is 35.2. The molecular formula is C34H46ClN5O8. The molecule has 262 valence electrons. The number of oxime groups is 1. The van der Waals surface area contributed by atoms with E-state index >= 15 is 0 Å². The Morgan fingerprint density at radius 1 is 1.15 bits per heavy atom.